The van der Waals surface area contributed by atoms with Crippen LogP contribution in [0, 0.1) is 6.92 Å². The van der Waals surface area contributed by atoms with E-state index in [1.165, 1.54) is 16.8 Å². The molecule has 5 nitrogen and oxygen atoms in total. The highest BCUT2D eigenvalue weighted by Gasteiger charge is 2.16. The van der Waals surface area contributed by atoms with Crippen molar-refractivity contribution in [2.45, 2.75) is 6.92 Å². The predicted molar refractivity (Wildman–Crippen MR) is 71.4 cm³/mol. The number of nitrogen functional groups attached to an aromatic ring is 1. The normalized spacial score (nSPS) is 10.4. The summed E-state index contributed by atoms with van der Waals surface area (Å²) >= 11 is 0. The van der Waals surface area contributed by atoms with Gasteiger partial charge in [0.2, 0.25) is 0 Å². The number of benzene rings is 1. The van der Waals surface area contributed by atoms with Gasteiger partial charge >= 0.3 is 5.97 Å². The Morgan fingerprint density at radius 3 is 2.42 bits per heavy atom. The lowest BCUT2D eigenvalue weighted by Crippen LogP contribution is -2.02. The summed E-state index contributed by atoms with van der Waals surface area (Å²) in [4.78, 5) is 23.2. The van der Waals surface area contributed by atoms with Crippen molar-refractivity contribution in [3.8, 4) is 0 Å². The van der Waals surface area contributed by atoms with E-state index in [1.54, 1.807) is 25.2 Å². The van der Waals surface area contributed by atoms with Gasteiger partial charge in [0.05, 0.1) is 0 Å². The van der Waals surface area contributed by atoms with Crippen LogP contribution in [0.25, 0.3) is 0 Å². The van der Waals surface area contributed by atoms with Gasteiger partial charge in [0, 0.05) is 30.1 Å². The molecule has 0 aliphatic rings. The number of carboxylic acid groups (broad SMARTS) is 1. The summed E-state index contributed by atoms with van der Waals surface area (Å²) in [6.45, 7) is 1.86. The third-order valence-corrected chi connectivity index (χ3v) is 3.03. The number of hydrogen-bond acceptors (Lipinski definition) is 3. The van der Waals surface area contributed by atoms with Crippen LogP contribution >= 0.6 is 0 Å². The third-order valence-electron chi connectivity index (χ3n) is 3.03. The lowest BCUT2D eigenvalue weighted by atomic mass is 10.0. The molecule has 5 heteroatoms. The number of hydrogen-bond donors (Lipinski definition) is 2. The smallest absolute Gasteiger partial charge is 0.352 e. The maximum atomic E-state index is 12.2. The molecule has 2 aromatic rings. The van der Waals surface area contributed by atoms with Gasteiger partial charge in [0.25, 0.3) is 0 Å². The lowest BCUT2D eigenvalue weighted by molar-refractivity contribution is 0.0686. The fourth-order valence-corrected chi connectivity index (χ4v) is 1.85. The van der Waals surface area contributed by atoms with Gasteiger partial charge in [-0.25, -0.2) is 4.79 Å². The Morgan fingerprint density at radius 2 is 1.89 bits per heavy atom. The topological polar surface area (TPSA) is 85.3 Å². The first-order chi connectivity index (χ1) is 8.90. The fourth-order valence-electron chi connectivity index (χ4n) is 1.85. The number of carbonyl (C=O) groups excluding carboxylic acids is 1. The Hall–Kier alpha value is -2.56. The van der Waals surface area contributed by atoms with Crippen LogP contribution in [0.1, 0.15) is 32.0 Å². The van der Waals surface area contributed by atoms with Crippen molar-refractivity contribution in [1.29, 1.82) is 0 Å². The number of ketones is 1. The van der Waals surface area contributed by atoms with Gasteiger partial charge < -0.3 is 15.4 Å². The summed E-state index contributed by atoms with van der Waals surface area (Å²) in [6, 6.07) is 6.41. The molecular weight excluding hydrogens is 244 g/mol. The summed E-state index contributed by atoms with van der Waals surface area (Å²) in [5.74, 6) is -1.31. The van der Waals surface area contributed by atoms with Crippen molar-refractivity contribution in [2.24, 2.45) is 7.05 Å². The Kier molecular flexibility index (Phi) is 3.12. The summed E-state index contributed by atoms with van der Waals surface area (Å²) in [5.41, 5.74) is 8.07. The number of nitrogens with two attached hydrogens (primary N) is 1. The lowest BCUT2D eigenvalue weighted by Gasteiger charge is -2.03. The second kappa shape index (κ2) is 4.61. The highest BCUT2D eigenvalue weighted by atomic mass is 16.4. The van der Waals surface area contributed by atoms with Gasteiger partial charge in [-0.15, -0.1) is 0 Å². The standard InChI is InChI=1S/C14H14N2O3/c1-8-3-4-9(5-11(8)15)13(17)10-6-12(14(18)19)16(2)7-10/h3-7H,15H2,1-2H3,(H,18,19). The molecule has 1 aromatic carbocycles. The van der Waals surface area contributed by atoms with Gasteiger partial charge in [0.15, 0.2) is 5.78 Å². The summed E-state index contributed by atoms with van der Waals surface area (Å²) in [7, 11) is 1.59. The van der Waals surface area contributed by atoms with Gasteiger partial charge in [-0.2, -0.15) is 0 Å². The van der Waals surface area contributed by atoms with Crippen LogP contribution < -0.4 is 5.73 Å². The van der Waals surface area contributed by atoms with Gasteiger partial charge in [-0.05, 0) is 24.6 Å². The van der Waals surface area contributed by atoms with Crippen molar-refractivity contribution in [2.75, 3.05) is 5.73 Å². The van der Waals surface area contributed by atoms with Gasteiger partial charge in [0.1, 0.15) is 5.69 Å². The van der Waals surface area contributed by atoms with Crippen LogP contribution in [-0.2, 0) is 7.05 Å². The average Bonchev–Trinajstić information content (AvgIpc) is 2.74. The van der Waals surface area contributed by atoms with Gasteiger partial charge in [-0.1, -0.05) is 12.1 Å². The van der Waals surface area contributed by atoms with Crippen molar-refractivity contribution in [3.63, 3.8) is 0 Å². The van der Waals surface area contributed by atoms with Crippen molar-refractivity contribution in [1.82, 2.24) is 4.57 Å². The minimum atomic E-state index is -1.06. The number of nitrogens with zero attached hydrogens (tertiary/aromatic N) is 1. The Bertz CT molecular complexity index is 671. The van der Waals surface area contributed by atoms with E-state index >= 15 is 0 Å². The van der Waals surface area contributed by atoms with Crippen molar-refractivity contribution in [3.05, 3.63) is 52.8 Å². The zero-order chi connectivity index (χ0) is 14.2. The SMILES string of the molecule is Cc1ccc(C(=O)c2cc(C(=O)O)n(C)c2)cc1N. The third kappa shape index (κ3) is 2.35. The Labute approximate surface area is 110 Å². The number of carboxylic acids is 1. The molecule has 0 saturated heterocycles. The fraction of sp³-hybridized carbons (Fsp3) is 0.143. The molecule has 1 heterocycles. The van der Waals surface area contributed by atoms with Crippen LogP contribution in [0.2, 0.25) is 0 Å². The number of aromatic nitrogens is 1. The molecule has 2 rings (SSSR count). The van der Waals surface area contributed by atoms with Crippen LogP contribution in [-0.4, -0.2) is 21.4 Å². The van der Waals surface area contributed by atoms with E-state index in [4.69, 9.17) is 10.8 Å². The van der Waals surface area contributed by atoms with Crippen LogP contribution in [0.5, 0.6) is 0 Å². The minimum absolute atomic E-state index is 0.0726. The molecule has 19 heavy (non-hydrogen) atoms. The predicted octanol–water partition coefficient (Wildman–Crippen LogP) is 1.84. The van der Waals surface area contributed by atoms with E-state index in [2.05, 4.69) is 0 Å². The number of carbonyl (C=O) groups is 2. The maximum Gasteiger partial charge on any atom is 0.352 e. The van der Waals surface area contributed by atoms with E-state index in [0.29, 0.717) is 16.8 Å². The Balaban J connectivity index is 2.41. The first-order valence-corrected chi connectivity index (χ1v) is 5.70. The molecule has 0 amide bonds. The minimum Gasteiger partial charge on any atom is -0.477 e. The summed E-state index contributed by atoms with van der Waals surface area (Å²) in [5, 5.41) is 8.96. The summed E-state index contributed by atoms with van der Waals surface area (Å²) in [6.07, 6.45) is 1.50. The molecule has 1 aromatic heterocycles. The van der Waals surface area contributed by atoms with Gasteiger partial charge in [-0.3, -0.25) is 4.79 Å². The second-order valence-corrected chi connectivity index (χ2v) is 4.43. The molecule has 0 bridgehead atoms. The zero-order valence-electron chi connectivity index (χ0n) is 10.7. The molecule has 0 aliphatic carbocycles. The van der Waals surface area contributed by atoms with Crippen LogP contribution in [0.3, 0.4) is 0 Å². The van der Waals surface area contributed by atoms with Crippen LogP contribution in [0.15, 0.2) is 30.5 Å². The first kappa shape index (κ1) is 12.9. The zero-order valence-corrected chi connectivity index (χ0v) is 10.7. The summed E-state index contributed by atoms with van der Waals surface area (Å²) < 4.78 is 1.41. The largest absolute Gasteiger partial charge is 0.477 e. The monoisotopic (exact) mass is 258 g/mol. The molecule has 0 atom stereocenters. The molecule has 0 spiro atoms. The van der Waals surface area contributed by atoms with E-state index in [9.17, 15) is 9.59 Å². The number of anilines is 1. The second-order valence-electron chi connectivity index (χ2n) is 4.43. The number of aryl methyl sites for hydroxylation is 2. The molecule has 98 valence electrons. The number of aromatic carboxylic acids is 1. The average molecular weight is 258 g/mol. The quantitative estimate of drug-likeness (QED) is 0.649. The maximum absolute atomic E-state index is 12.2. The van der Waals surface area contributed by atoms with E-state index in [-0.39, 0.29) is 11.5 Å². The molecule has 0 radical (unpaired) electrons. The molecule has 0 unspecified atom stereocenters. The molecule has 3 N–H and O–H groups in total. The van der Waals surface area contributed by atoms with E-state index in [1.807, 2.05) is 6.92 Å². The highest BCUT2D eigenvalue weighted by molar-refractivity contribution is 6.10. The highest BCUT2D eigenvalue weighted by Crippen LogP contribution is 2.18. The molecular formula is C14H14N2O3. The molecule has 0 aliphatic heterocycles. The number of rotatable bonds is 3. The molecule has 0 saturated carbocycles. The first-order valence-electron chi connectivity index (χ1n) is 5.70. The van der Waals surface area contributed by atoms with Crippen LogP contribution in [0.4, 0.5) is 5.69 Å². The molecule has 0 fully saturated rings. The van der Waals surface area contributed by atoms with Crippen molar-refractivity contribution >= 4 is 17.4 Å². The Morgan fingerprint density at radius 1 is 1.21 bits per heavy atom. The van der Waals surface area contributed by atoms with Crippen molar-refractivity contribution < 1.29 is 14.7 Å². The van der Waals surface area contributed by atoms with E-state index in [0.717, 1.165) is 5.56 Å². The van der Waals surface area contributed by atoms with E-state index < -0.39 is 5.97 Å².